The number of hydrogen-bond donors (Lipinski definition) is 0. The molecular weight excluding hydrogens is 456 g/mol. The molecule has 0 aliphatic carbocycles. The Bertz CT molecular complexity index is 457. The number of unbranched alkanes of at least 4 members (excludes halogenated alkanes) is 18. The van der Waals surface area contributed by atoms with Gasteiger partial charge >= 0.3 is 204 Å². The quantitative estimate of drug-likeness (QED) is 0.0840. The Labute approximate surface area is 217 Å². The van der Waals surface area contributed by atoms with Crippen LogP contribution in [0.1, 0.15) is 170 Å². The third kappa shape index (κ3) is 14.9. The van der Waals surface area contributed by atoms with Crippen molar-refractivity contribution >= 4 is 0 Å². The summed E-state index contributed by atoms with van der Waals surface area (Å²) in [5.41, 5.74) is 0. The molecule has 206 valence electrons. The Kier molecular flexibility index (Phi) is 21.8. The third-order valence-electron chi connectivity index (χ3n) is 7.85. The molecule has 0 fully saturated rings. The predicted octanol–water partition coefficient (Wildman–Crippen LogP) is 11.4. The van der Waals surface area contributed by atoms with Crippen molar-refractivity contribution in [3.63, 3.8) is 0 Å². The van der Waals surface area contributed by atoms with E-state index in [1.807, 2.05) is 27.7 Å². The molecule has 34 heavy (non-hydrogen) atoms. The predicted molar refractivity (Wildman–Crippen MR) is 146 cm³/mol. The average molecular weight is 521 g/mol. The molecule has 0 aliphatic rings. The van der Waals surface area contributed by atoms with E-state index in [2.05, 4.69) is 13.8 Å². The molecule has 0 heterocycles. The molecule has 0 aromatic rings. The first kappa shape index (κ1) is 34.4. The van der Waals surface area contributed by atoms with Gasteiger partial charge in [0.25, 0.3) is 0 Å². The van der Waals surface area contributed by atoms with Gasteiger partial charge < -0.3 is 0 Å². The van der Waals surface area contributed by atoms with Crippen LogP contribution < -0.4 is 0 Å². The molecule has 0 aromatic carbocycles. The van der Waals surface area contributed by atoms with Crippen LogP contribution in [0.25, 0.3) is 0 Å². The Hall–Kier alpha value is 0.434. The standard InChI is InChI=1S/2C12H25O.2C3H7.O.Ti/c2*1-2-3-4-5-6-7-8-9-10-11-12-13;2*1-3-2;;/h2*2-12H2,1H3;2*3H,1-2H3;;/q2*-1;;;;+2. The van der Waals surface area contributed by atoms with Gasteiger partial charge in [0.05, 0.1) is 0 Å². The Morgan fingerprint density at radius 1 is 0.441 bits per heavy atom. The molecule has 0 aromatic heterocycles. The van der Waals surface area contributed by atoms with Gasteiger partial charge in [0.2, 0.25) is 0 Å². The van der Waals surface area contributed by atoms with Crippen LogP contribution in [0, 0.1) is 0 Å². The molecule has 0 N–H and O–H groups in total. The summed E-state index contributed by atoms with van der Waals surface area (Å²) in [5.74, 6) is 0. The van der Waals surface area contributed by atoms with Gasteiger partial charge in [-0.3, -0.25) is 0 Å². The van der Waals surface area contributed by atoms with E-state index in [9.17, 15) is 3.32 Å². The van der Waals surface area contributed by atoms with Crippen LogP contribution in [-0.4, -0.2) is 13.2 Å². The van der Waals surface area contributed by atoms with E-state index in [-0.39, 0.29) is 8.45 Å². The number of rotatable bonds is 26. The van der Waals surface area contributed by atoms with E-state index in [0.29, 0.717) is 13.2 Å². The molecule has 0 spiro atoms. The summed E-state index contributed by atoms with van der Waals surface area (Å²) in [7, 11) is 0. The van der Waals surface area contributed by atoms with Crippen LogP contribution in [0.15, 0.2) is 0 Å². The van der Waals surface area contributed by atoms with Gasteiger partial charge in [-0.05, 0) is 0 Å². The van der Waals surface area contributed by atoms with Gasteiger partial charge in [-0.15, -0.1) is 0 Å². The Morgan fingerprint density at radius 3 is 0.912 bits per heavy atom. The van der Waals surface area contributed by atoms with Gasteiger partial charge in [0.15, 0.2) is 0 Å². The van der Waals surface area contributed by atoms with Crippen LogP contribution in [0.5, 0.6) is 0 Å². The molecule has 0 radical (unpaired) electrons. The normalized spacial score (nSPS) is 12.9. The maximum atomic E-state index is 14.3. The van der Waals surface area contributed by atoms with Crippen molar-refractivity contribution in [1.29, 1.82) is 0 Å². The van der Waals surface area contributed by atoms with Gasteiger partial charge in [0, 0.05) is 0 Å². The summed E-state index contributed by atoms with van der Waals surface area (Å²) in [5, 5.41) is 0. The zero-order valence-corrected chi connectivity index (χ0v) is 26.0. The van der Waals surface area contributed by atoms with Crippen LogP contribution in [0.4, 0.5) is 0 Å². The molecule has 4 heteroatoms. The first-order valence-electron chi connectivity index (χ1n) is 15.5. The molecule has 0 rings (SSSR count). The molecule has 0 atom stereocenters. The Morgan fingerprint density at radius 2 is 0.676 bits per heavy atom. The van der Waals surface area contributed by atoms with Gasteiger partial charge in [-0.25, -0.2) is 0 Å². The second kappa shape index (κ2) is 21.5. The van der Waals surface area contributed by atoms with E-state index < -0.39 is 16.1 Å². The second-order valence-electron chi connectivity index (χ2n) is 11.5. The van der Waals surface area contributed by atoms with Gasteiger partial charge in [-0.2, -0.15) is 0 Å². The molecule has 0 unspecified atom stereocenters. The summed E-state index contributed by atoms with van der Waals surface area (Å²) in [4.78, 5) is 0. The first-order chi connectivity index (χ1) is 16.3. The fourth-order valence-corrected chi connectivity index (χ4v) is 11.1. The third-order valence-corrected chi connectivity index (χ3v) is 16.8. The van der Waals surface area contributed by atoms with Crippen molar-refractivity contribution in [3.8, 4) is 0 Å². The van der Waals surface area contributed by atoms with Crippen molar-refractivity contribution in [2.45, 2.75) is 178 Å². The summed E-state index contributed by atoms with van der Waals surface area (Å²) in [6, 6.07) is 0. The van der Waals surface area contributed by atoms with Crippen molar-refractivity contribution in [1.82, 2.24) is 0 Å². The summed E-state index contributed by atoms with van der Waals surface area (Å²) in [6.45, 7) is 13.9. The van der Waals surface area contributed by atoms with E-state index in [1.165, 1.54) is 116 Å². The molecule has 0 amide bonds. The SMILES string of the molecule is CCCCCCCCCCCC[O][Ti](=[O])([O]CCCCCCCCCCCC)([CH](C)C)[CH](C)C. The van der Waals surface area contributed by atoms with E-state index in [4.69, 9.17) is 6.64 Å². The summed E-state index contributed by atoms with van der Waals surface area (Å²) in [6.07, 6.45) is 26.0. The topological polar surface area (TPSA) is 35.5 Å². The minimum atomic E-state index is -4.70. The second-order valence-corrected chi connectivity index (χ2v) is 19.5. The van der Waals surface area contributed by atoms with Crippen LogP contribution >= 0.6 is 0 Å². The maximum absolute atomic E-state index is 14.3. The monoisotopic (exact) mass is 520 g/mol. The molecule has 0 saturated carbocycles. The molecular formula is C30H64O3Ti. The van der Waals surface area contributed by atoms with Crippen molar-refractivity contribution in [2.24, 2.45) is 0 Å². The van der Waals surface area contributed by atoms with Crippen LogP contribution in [0.2, 0.25) is 8.45 Å². The average Bonchev–Trinajstić information content (AvgIpc) is 2.81. The minimum absolute atomic E-state index is 0.0387. The first-order valence-corrected chi connectivity index (χ1v) is 19.2. The van der Waals surface area contributed by atoms with Crippen LogP contribution in [0.3, 0.4) is 0 Å². The van der Waals surface area contributed by atoms with E-state index >= 15 is 0 Å². The van der Waals surface area contributed by atoms with Crippen molar-refractivity contribution < 1.29 is 26.0 Å². The van der Waals surface area contributed by atoms with E-state index in [1.54, 1.807) is 0 Å². The number of hydrogen-bond acceptors (Lipinski definition) is 3. The zero-order chi connectivity index (χ0) is 25.6. The molecule has 0 saturated heterocycles. The fourth-order valence-electron chi connectivity index (χ4n) is 5.10. The molecule has 3 nitrogen and oxygen atoms in total. The molecule has 0 aliphatic heterocycles. The van der Waals surface area contributed by atoms with Crippen LogP contribution in [-0.2, 0) is 26.0 Å². The zero-order valence-electron chi connectivity index (χ0n) is 24.4. The van der Waals surface area contributed by atoms with Gasteiger partial charge in [-0.1, -0.05) is 13.8 Å². The van der Waals surface area contributed by atoms with E-state index in [0.717, 1.165) is 12.8 Å². The summed E-state index contributed by atoms with van der Waals surface area (Å²) < 4.78 is 26.9. The van der Waals surface area contributed by atoms with Crippen molar-refractivity contribution in [2.75, 3.05) is 13.2 Å². The van der Waals surface area contributed by atoms with Gasteiger partial charge in [0.1, 0.15) is 0 Å². The molecule has 0 bridgehead atoms. The summed E-state index contributed by atoms with van der Waals surface area (Å²) >= 11 is -4.70. The Balaban J connectivity index is 4.15. The fraction of sp³-hybridized carbons (Fsp3) is 1.00. The van der Waals surface area contributed by atoms with Crippen molar-refractivity contribution in [3.05, 3.63) is 0 Å².